The van der Waals surface area contributed by atoms with Crippen molar-refractivity contribution in [3.05, 3.63) is 29.8 Å². The molecule has 0 unspecified atom stereocenters. The molecule has 7 nitrogen and oxygen atoms in total. The Labute approximate surface area is 154 Å². The Bertz CT molecular complexity index is 794. The van der Waals surface area contributed by atoms with Crippen LogP contribution >= 0.6 is 0 Å². The average Bonchev–Trinajstić information content (AvgIpc) is 2.83. The van der Waals surface area contributed by atoms with Gasteiger partial charge in [-0.05, 0) is 30.9 Å². The Morgan fingerprint density at radius 2 is 1.74 bits per heavy atom. The van der Waals surface area contributed by atoms with Crippen molar-refractivity contribution in [2.75, 3.05) is 11.9 Å². The fraction of sp³-hybridized carbons (Fsp3) is 0.444. The summed E-state index contributed by atoms with van der Waals surface area (Å²) in [5.74, 6) is -4.98. The van der Waals surface area contributed by atoms with Gasteiger partial charge in [-0.2, -0.15) is 0 Å². The van der Waals surface area contributed by atoms with E-state index in [1.165, 1.54) is 0 Å². The summed E-state index contributed by atoms with van der Waals surface area (Å²) >= 11 is 0. The van der Waals surface area contributed by atoms with E-state index in [1.807, 2.05) is 12.2 Å². The normalized spacial score (nSPS) is 23.1. The molecular weight excluding hydrogens is 360 g/mol. The Morgan fingerprint density at radius 3 is 2.37 bits per heavy atom. The van der Waals surface area contributed by atoms with Crippen molar-refractivity contribution in [2.45, 2.75) is 38.6 Å². The molecule has 0 aromatic heterocycles. The third kappa shape index (κ3) is 3.54. The van der Waals surface area contributed by atoms with Crippen LogP contribution < -0.4 is 5.32 Å². The minimum atomic E-state index is -1.11. The predicted molar refractivity (Wildman–Crippen MR) is 90.4 cm³/mol. The zero-order valence-electron chi connectivity index (χ0n) is 14.7. The van der Waals surface area contributed by atoms with E-state index in [4.69, 9.17) is 0 Å². The van der Waals surface area contributed by atoms with Gasteiger partial charge >= 0.3 is 17.8 Å². The molecule has 2 aliphatic rings. The van der Waals surface area contributed by atoms with Crippen LogP contribution in [0.25, 0.3) is 0 Å². The second kappa shape index (κ2) is 7.42. The van der Waals surface area contributed by atoms with Crippen molar-refractivity contribution in [3.63, 3.8) is 0 Å². The van der Waals surface area contributed by atoms with Crippen molar-refractivity contribution in [2.24, 2.45) is 5.92 Å². The van der Waals surface area contributed by atoms with E-state index >= 15 is 0 Å². The summed E-state index contributed by atoms with van der Waals surface area (Å²) in [4.78, 5) is 50.6. The molecular formula is C18H19F2N3O4. The number of benzene rings is 1. The van der Waals surface area contributed by atoms with E-state index in [1.54, 1.807) is 0 Å². The number of para-hydroxylation sites is 1. The summed E-state index contributed by atoms with van der Waals surface area (Å²) in [6.07, 6.45) is 3.27. The molecule has 2 atom stereocenters. The Hall–Kier alpha value is -2.84. The molecule has 1 aliphatic carbocycles. The Morgan fingerprint density at radius 1 is 1.11 bits per heavy atom. The number of imide groups is 2. The monoisotopic (exact) mass is 379 g/mol. The maximum absolute atomic E-state index is 13.6. The lowest BCUT2D eigenvalue weighted by Gasteiger charge is -2.34. The minimum absolute atomic E-state index is 0.0562. The van der Waals surface area contributed by atoms with Crippen molar-refractivity contribution in [3.8, 4) is 0 Å². The molecule has 144 valence electrons. The summed E-state index contributed by atoms with van der Waals surface area (Å²) in [5, 5.41) is 2.00. The highest BCUT2D eigenvalue weighted by Crippen LogP contribution is 2.31. The van der Waals surface area contributed by atoms with E-state index in [-0.39, 0.29) is 12.0 Å². The molecule has 0 bridgehead atoms. The molecule has 1 N–H and O–H groups in total. The van der Waals surface area contributed by atoms with Crippen LogP contribution in [0.4, 0.5) is 19.3 Å². The molecule has 1 aromatic carbocycles. The number of nitrogens with one attached hydrogen (secondary N) is 1. The molecule has 1 aromatic rings. The predicted octanol–water partition coefficient (Wildman–Crippen LogP) is 2.27. The van der Waals surface area contributed by atoms with Crippen LogP contribution in [0.15, 0.2) is 18.2 Å². The Kier molecular flexibility index (Phi) is 5.20. The first-order valence-corrected chi connectivity index (χ1v) is 8.74. The van der Waals surface area contributed by atoms with Crippen LogP contribution in [-0.2, 0) is 14.4 Å². The van der Waals surface area contributed by atoms with Gasteiger partial charge in [0.25, 0.3) is 0 Å². The quantitative estimate of drug-likeness (QED) is 0.642. The van der Waals surface area contributed by atoms with Gasteiger partial charge < -0.3 is 5.32 Å². The smallest absolute Gasteiger partial charge is 0.320 e. The van der Waals surface area contributed by atoms with Crippen molar-refractivity contribution < 1.29 is 28.0 Å². The lowest BCUT2D eigenvalue weighted by Crippen LogP contribution is -2.46. The molecule has 5 amide bonds. The fourth-order valence-electron chi connectivity index (χ4n) is 3.57. The molecule has 3 rings (SSSR count). The molecule has 2 fully saturated rings. The lowest BCUT2D eigenvalue weighted by atomic mass is 9.85. The number of carbonyl (C=O) groups is 4. The fourth-order valence-corrected chi connectivity index (χ4v) is 3.57. The van der Waals surface area contributed by atoms with Crippen LogP contribution in [-0.4, -0.2) is 46.1 Å². The van der Waals surface area contributed by atoms with E-state index in [9.17, 15) is 28.0 Å². The number of hydrogen-bond donors (Lipinski definition) is 1. The highest BCUT2D eigenvalue weighted by atomic mass is 19.1. The van der Waals surface area contributed by atoms with Crippen LogP contribution in [0.1, 0.15) is 32.6 Å². The molecule has 27 heavy (non-hydrogen) atoms. The molecule has 1 saturated heterocycles. The summed E-state index contributed by atoms with van der Waals surface area (Å²) < 4.78 is 27.2. The molecule has 1 saturated carbocycles. The number of nitrogens with zero attached hydrogens (tertiary/aromatic N) is 2. The number of carbonyl (C=O) groups excluding carboxylic acids is 4. The third-order valence-electron chi connectivity index (χ3n) is 5.01. The largest absolute Gasteiger partial charge is 0.334 e. The van der Waals surface area contributed by atoms with Crippen molar-refractivity contribution in [1.29, 1.82) is 0 Å². The molecule has 0 spiro atoms. The first-order chi connectivity index (χ1) is 12.8. The van der Waals surface area contributed by atoms with Gasteiger partial charge in [-0.25, -0.2) is 18.5 Å². The SMILES string of the molecule is C[C@H]1CCCC[C@@H]1N1C(=O)C(=O)N(CC(=O)Nc2c(F)cccc2F)C1=O. The highest BCUT2D eigenvalue weighted by Gasteiger charge is 2.49. The zero-order valence-corrected chi connectivity index (χ0v) is 14.7. The lowest BCUT2D eigenvalue weighted by molar-refractivity contribution is -0.145. The second-order valence-electron chi connectivity index (χ2n) is 6.82. The number of hydrogen-bond acceptors (Lipinski definition) is 4. The molecule has 0 radical (unpaired) electrons. The van der Waals surface area contributed by atoms with E-state index in [0.29, 0.717) is 11.3 Å². The van der Waals surface area contributed by atoms with Gasteiger partial charge in [-0.1, -0.05) is 25.8 Å². The van der Waals surface area contributed by atoms with Gasteiger partial charge in [0.15, 0.2) is 0 Å². The van der Waals surface area contributed by atoms with E-state index in [0.717, 1.165) is 42.4 Å². The van der Waals surface area contributed by atoms with Gasteiger partial charge in [-0.15, -0.1) is 0 Å². The molecule has 1 heterocycles. The van der Waals surface area contributed by atoms with Gasteiger partial charge in [0.2, 0.25) is 5.91 Å². The summed E-state index contributed by atoms with van der Waals surface area (Å²) in [5.41, 5.74) is -0.675. The number of anilines is 1. The topological polar surface area (TPSA) is 86.8 Å². The number of halogens is 2. The summed E-state index contributed by atoms with van der Waals surface area (Å²) in [6, 6.07) is 1.80. The van der Waals surface area contributed by atoms with Gasteiger partial charge in [0.1, 0.15) is 23.9 Å². The number of amides is 5. The third-order valence-corrected chi connectivity index (χ3v) is 5.01. The van der Waals surface area contributed by atoms with Crippen molar-refractivity contribution in [1.82, 2.24) is 9.80 Å². The number of urea groups is 1. The van der Waals surface area contributed by atoms with Crippen LogP contribution in [0, 0.1) is 17.6 Å². The van der Waals surface area contributed by atoms with Crippen LogP contribution in [0.2, 0.25) is 0 Å². The highest BCUT2D eigenvalue weighted by molar-refractivity contribution is 6.45. The minimum Gasteiger partial charge on any atom is -0.320 e. The maximum atomic E-state index is 13.6. The van der Waals surface area contributed by atoms with E-state index < -0.39 is 47.6 Å². The molecule has 9 heteroatoms. The zero-order chi connectivity index (χ0) is 19.7. The number of rotatable bonds is 4. The second-order valence-corrected chi connectivity index (χ2v) is 6.82. The van der Waals surface area contributed by atoms with Crippen molar-refractivity contribution >= 4 is 29.4 Å². The first kappa shape index (κ1) is 18.9. The van der Waals surface area contributed by atoms with Gasteiger partial charge in [0, 0.05) is 6.04 Å². The average molecular weight is 379 g/mol. The first-order valence-electron chi connectivity index (χ1n) is 8.74. The molecule has 1 aliphatic heterocycles. The van der Waals surface area contributed by atoms with Gasteiger partial charge in [0.05, 0.1) is 0 Å². The Balaban J connectivity index is 1.73. The van der Waals surface area contributed by atoms with E-state index in [2.05, 4.69) is 0 Å². The standard InChI is InChI=1S/C18H19F2N3O4/c1-10-5-2-3-8-13(10)23-17(26)16(25)22(18(23)27)9-14(24)21-15-11(19)6-4-7-12(15)20/h4,6-7,10,13H,2-3,5,8-9H2,1H3,(H,21,24)/t10-,13-/m0/s1. The summed E-state index contributed by atoms with van der Waals surface area (Å²) in [6.45, 7) is 1.11. The van der Waals surface area contributed by atoms with Crippen LogP contribution in [0.3, 0.4) is 0 Å². The maximum Gasteiger partial charge on any atom is 0.334 e. The summed E-state index contributed by atoms with van der Waals surface area (Å²) in [7, 11) is 0. The van der Waals surface area contributed by atoms with Crippen LogP contribution in [0.5, 0.6) is 0 Å². The van der Waals surface area contributed by atoms with Gasteiger partial charge in [-0.3, -0.25) is 19.3 Å².